The van der Waals surface area contributed by atoms with E-state index in [1.807, 2.05) is 24.3 Å². The normalized spacial score (nSPS) is 12.5. The number of aromatic nitrogens is 1. The fraction of sp³-hybridized carbons (Fsp3) is 0.333. The van der Waals surface area contributed by atoms with E-state index in [2.05, 4.69) is 4.98 Å². The fourth-order valence-electron chi connectivity index (χ4n) is 2.09. The maximum atomic E-state index is 12.3. The second-order valence-corrected chi connectivity index (χ2v) is 4.51. The molecule has 0 spiro atoms. The van der Waals surface area contributed by atoms with Crippen molar-refractivity contribution in [3.63, 3.8) is 0 Å². The van der Waals surface area contributed by atoms with Crippen LogP contribution < -0.4 is 5.73 Å². The molecule has 0 radical (unpaired) electrons. The largest absolute Gasteiger partial charge is 0.385 e. The van der Waals surface area contributed by atoms with E-state index < -0.39 is 6.04 Å². The molecule has 4 heteroatoms. The molecule has 1 unspecified atom stereocenters. The SMILES string of the molecule is COCCCC(N)C(=O)c1cncc2ccccc12. The molecule has 0 bridgehead atoms. The number of ether oxygens (including phenoxy) is 1. The minimum atomic E-state index is -0.497. The van der Waals surface area contributed by atoms with Crippen LogP contribution in [-0.4, -0.2) is 30.5 Å². The van der Waals surface area contributed by atoms with Crippen LogP contribution in [0, 0.1) is 0 Å². The number of hydrogen-bond acceptors (Lipinski definition) is 4. The highest BCUT2D eigenvalue weighted by atomic mass is 16.5. The van der Waals surface area contributed by atoms with Crippen molar-refractivity contribution >= 4 is 16.6 Å². The first-order valence-electron chi connectivity index (χ1n) is 6.35. The predicted molar refractivity (Wildman–Crippen MR) is 75.2 cm³/mol. The Morgan fingerprint density at radius 2 is 2.16 bits per heavy atom. The first kappa shape index (κ1) is 13.6. The van der Waals surface area contributed by atoms with Crippen molar-refractivity contribution < 1.29 is 9.53 Å². The minimum Gasteiger partial charge on any atom is -0.385 e. The van der Waals surface area contributed by atoms with Crippen molar-refractivity contribution in [2.24, 2.45) is 5.73 Å². The van der Waals surface area contributed by atoms with Crippen LogP contribution >= 0.6 is 0 Å². The van der Waals surface area contributed by atoms with E-state index in [4.69, 9.17) is 10.5 Å². The third kappa shape index (κ3) is 3.16. The van der Waals surface area contributed by atoms with Gasteiger partial charge in [0.05, 0.1) is 6.04 Å². The molecule has 100 valence electrons. The molecule has 1 heterocycles. The van der Waals surface area contributed by atoms with Gasteiger partial charge in [-0.2, -0.15) is 0 Å². The highest BCUT2D eigenvalue weighted by molar-refractivity contribution is 6.09. The number of rotatable bonds is 6. The van der Waals surface area contributed by atoms with Crippen LogP contribution in [0.4, 0.5) is 0 Å². The zero-order valence-corrected chi connectivity index (χ0v) is 11.0. The Balaban J connectivity index is 2.21. The van der Waals surface area contributed by atoms with Crippen LogP contribution in [0.2, 0.25) is 0 Å². The molecule has 2 aromatic rings. The number of fused-ring (bicyclic) bond motifs is 1. The van der Waals surface area contributed by atoms with Gasteiger partial charge >= 0.3 is 0 Å². The Hall–Kier alpha value is -1.78. The maximum absolute atomic E-state index is 12.3. The van der Waals surface area contributed by atoms with Gasteiger partial charge in [-0.15, -0.1) is 0 Å². The summed E-state index contributed by atoms with van der Waals surface area (Å²) in [6.45, 7) is 0.620. The summed E-state index contributed by atoms with van der Waals surface area (Å²) in [5.74, 6) is -0.0552. The molecule has 2 rings (SSSR count). The van der Waals surface area contributed by atoms with Gasteiger partial charge in [0.25, 0.3) is 0 Å². The van der Waals surface area contributed by atoms with Crippen molar-refractivity contribution in [3.8, 4) is 0 Å². The summed E-state index contributed by atoms with van der Waals surface area (Å²) < 4.78 is 4.97. The molecule has 0 saturated heterocycles. The lowest BCUT2D eigenvalue weighted by Gasteiger charge is -2.11. The number of carbonyl (C=O) groups excluding carboxylic acids is 1. The van der Waals surface area contributed by atoms with Crippen LogP contribution in [0.5, 0.6) is 0 Å². The molecule has 0 amide bonds. The van der Waals surface area contributed by atoms with Crippen molar-refractivity contribution in [3.05, 3.63) is 42.2 Å². The van der Waals surface area contributed by atoms with Crippen LogP contribution in [0.25, 0.3) is 10.8 Å². The molecule has 2 N–H and O–H groups in total. The molecule has 0 aliphatic heterocycles. The fourth-order valence-corrected chi connectivity index (χ4v) is 2.09. The van der Waals surface area contributed by atoms with Crippen LogP contribution in [0.1, 0.15) is 23.2 Å². The average Bonchev–Trinajstić information content (AvgIpc) is 2.46. The number of benzene rings is 1. The van der Waals surface area contributed by atoms with E-state index in [1.54, 1.807) is 19.5 Å². The molecule has 1 atom stereocenters. The van der Waals surface area contributed by atoms with Gasteiger partial charge in [0.2, 0.25) is 0 Å². The third-order valence-electron chi connectivity index (χ3n) is 3.13. The Kier molecular flexibility index (Phi) is 4.60. The van der Waals surface area contributed by atoms with Gasteiger partial charge in [0, 0.05) is 37.1 Å². The van der Waals surface area contributed by atoms with E-state index >= 15 is 0 Å². The van der Waals surface area contributed by atoms with Gasteiger partial charge in [-0.25, -0.2) is 0 Å². The number of nitrogens with zero attached hydrogens (tertiary/aromatic N) is 1. The molecule has 19 heavy (non-hydrogen) atoms. The second-order valence-electron chi connectivity index (χ2n) is 4.51. The van der Waals surface area contributed by atoms with E-state index in [1.165, 1.54) is 0 Å². The average molecular weight is 258 g/mol. The molecule has 0 aliphatic carbocycles. The number of pyridine rings is 1. The topological polar surface area (TPSA) is 65.2 Å². The smallest absolute Gasteiger partial charge is 0.181 e. The summed E-state index contributed by atoms with van der Waals surface area (Å²) in [4.78, 5) is 16.5. The molecule has 1 aromatic heterocycles. The lowest BCUT2D eigenvalue weighted by Crippen LogP contribution is -2.31. The Morgan fingerprint density at radius 1 is 1.37 bits per heavy atom. The number of nitrogens with two attached hydrogens (primary N) is 1. The lowest BCUT2D eigenvalue weighted by atomic mass is 9.98. The van der Waals surface area contributed by atoms with Gasteiger partial charge in [0.15, 0.2) is 5.78 Å². The first-order valence-corrected chi connectivity index (χ1v) is 6.35. The molecule has 0 fully saturated rings. The highest BCUT2D eigenvalue weighted by Crippen LogP contribution is 2.18. The summed E-state index contributed by atoms with van der Waals surface area (Å²) >= 11 is 0. The highest BCUT2D eigenvalue weighted by Gasteiger charge is 2.17. The molecule has 4 nitrogen and oxygen atoms in total. The Labute approximate surface area is 112 Å². The van der Waals surface area contributed by atoms with Gasteiger partial charge in [-0.1, -0.05) is 24.3 Å². The quantitative estimate of drug-likeness (QED) is 0.637. The summed E-state index contributed by atoms with van der Waals surface area (Å²) in [6, 6.07) is 7.20. The Bertz CT molecular complexity index is 564. The van der Waals surface area contributed by atoms with E-state index in [-0.39, 0.29) is 5.78 Å². The van der Waals surface area contributed by atoms with Crippen molar-refractivity contribution in [2.45, 2.75) is 18.9 Å². The number of methoxy groups -OCH3 is 1. The first-order chi connectivity index (χ1) is 9.24. The molecular formula is C15H18N2O2. The van der Waals surface area contributed by atoms with E-state index in [0.717, 1.165) is 17.2 Å². The number of Topliss-reactive ketones (excluding diaryl/α,β-unsaturated/α-hetero) is 1. The van der Waals surface area contributed by atoms with Gasteiger partial charge in [0.1, 0.15) is 0 Å². The monoisotopic (exact) mass is 258 g/mol. The molecule has 1 aromatic carbocycles. The zero-order valence-electron chi connectivity index (χ0n) is 11.0. The van der Waals surface area contributed by atoms with Gasteiger partial charge < -0.3 is 10.5 Å². The number of carbonyl (C=O) groups is 1. The summed E-state index contributed by atoms with van der Waals surface area (Å²) in [6.07, 6.45) is 4.75. The van der Waals surface area contributed by atoms with Crippen molar-refractivity contribution in [1.82, 2.24) is 4.98 Å². The number of hydrogen-bond donors (Lipinski definition) is 1. The van der Waals surface area contributed by atoms with Crippen molar-refractivity contribution in [1.29, 1.82) is 0 Å². The van der Waals surface area contributed by atoms with Crippen LogP contribution in [0.15, 0.2) is 36.7 Å². The summed E-state index contributed by atoms with van der Waals surface area (Å²) in [5, 5.41) is 1.86. The minimum absolute atomic E-state index is 0.0552. The van der Waals surface area contributed by atoms with E-state index in [0.29, 0.717) is 18.6 Å². The van der Waals surface area contributed by atoms with Crippen molar-refractivity contribution in [2.75, 3.05) is 13.7 Å². The zero-order chi connectivity index (χ0) is 13.7. The van der Waals surface area contributed by atoms with Gasteiger partial charge in [-0.3, -0.25) is 9.78 Å². The predicted octanol–water partition coefficient (Wildman–Crippen LogP) is 2.17. The standard InChI is InChI=1S/C15H18N2O2/c1-19-8-4-7-14(16)15(18)13-10-17-9-11-5-2-3-6-12(11)13/h2-3,5-6,9-10,14H,4,7-8,16H2,1H3. The van der Waals surface area contributed by atoms with E-state index in [9.17, 15) is 4.79 Å². The number of ketones is 1. The maximum Gasteiger partial charge on any atom is 0.181 e. The second kappa shape index (κ2) is 6.41. The third-order valence-corrected chi connectivity index (χ3v) is 3.13. The van der Waals surface area contributed by atoms with Crippen LogP contribution in [0.3, 0.4) is 0 Å². The van der Waals surface area contributed by atoms with Gasteiger partial charge in [-0.05, 0) is 18.2 Å². The molecule has 0 saturated carbocycles. The summed E-state index contributed by atoms with van der Waals surface area (Å²) in [7, 11) is 1.64. The summed E-state index contributed by atoms with van der Waals surface area (Å²) in [5.41, 5.74) is 6.55. The lowest BCUT2D eigenvalue weighted by molar-refractivity contribution is 0.0952. The van der Waals surface area contributed by atoms with Crippen LogP contribution in [-0.2, 0) is 4.74 Å². The molecule has 0 aliphatic rings. The molecular weight excluding hydrogens is 240 g/mol. The Morgan fingerprint density at radius 3 is 2.95 bits per heavy atom.